The maximum atomic E-state index is 10.8. The number of pyridine rings is 1. The molecule has 0 aliphatic rings. The second-order valence-electron chi connectivity index (χ2n) is 3.57. The number of anilines is 1. The summed E-state index contributed by atoms with van der Waals surface area (Å²) in [5, 5.41) is 13.8. The molecule has 1 aromatic heterocycles. The van der Waals surface area contributed by atoms with Gasteiger partial charge in [-0.2, -0.15) is 4.98 Å². The van der Waals surface area contributed by atoms with Crippen molar-refractivity contribution >= 4 is 11.5 Å². The van der Waals surface area contributed by atoms with Crippen LogP contribution in [0.4, 0.5) is 11.5 Å². The minimum Gasteiger partial charge on any atom is -0.475 e. The van der Waals surface area contributed by atoms with E-state index in [1.54, 1.807) is 7.11 Å². The Kier molecular flexibility index (Phi) is 5.86. The SMILES string of the molecule is CCCNc1cc([N+](=O)[O-])cc(OCCOC)n1. The molecule has 0 atom stereocenters. The smallest absolute Gasteiger partial charge is 0.278 e. The molecule has 0 fully saturated rings. The van der Waals surface area contributed by atoms with Gasteiger partial charge in [0.2, 0.25) is 5.88 Å². The zero-order valence-electron chi connectivity index (χ0n) is 10.5. The molecule has 7 heteroatoms. The molecule has 1 aromatic rings. The first kappa shape index (κ1) is 14.2. The molecule has 18 heavy (non-hydrogen) atoms. The Morgan fingerprint density at radius 1 is 1.44 bits per heavy atom. The number of methoxy groups -OCH3 is 1. The van der Waals surface area contributed by atoms with E-state index in [-0.39, 0.29) is 11.6 Å². The Hall–Kier alpha value is -1.89. The van der Waals surface area contributed by atoms with Gasteiger partial charge in [-0.15, -0.1) is 0 Å². The van der Waals surface area contributed by atoms with Crippen LogP contribution in [0, 0.1) is 10.1 Å². The normalized spacial score (nSPS) is 10.1. The van der Waals surface area contributed by atoms with E-state index in [2.05, 4.69) is 10.3 Å². The minimum absolute atomic E-state index is 0.0454. The zero-order chi connectivity index (χ0) is 13.4. The van der Waals surface area contributed by atoms with E-state index in [9.17, 15) is 10.1 Å². The first-order chi connectivity index (χ1) is 8.67. The first-order valence-corrected chi connectivity index (χ1v) is 5.69. The van der Waals surface area contributed by atoms with Crippen molar-refractivity contribution in [3.63, 3.8) is 0 Å². The highest BCUT2D eigenvalue weighted by Crippen LogP contribution is 2.22. The standard InChI is InChI=1S/C11H17N3O4/c1-3-4-12-10-7-9(14(15)16)8-11(13-10)18-6-5-17-2/h7-8H,3-6H2,1-2H3,(H,12,13). The molecule has 0 aliphatic heterocycles. The van der Waals surface area contributed by atoms with E-state index in [0.717, 1.165) is 6.42 Å². The molecule has 0 radical (unpaired) electrons. The Morgan fingerprint density at radius 2 is 2.22 bits per heavy atom. The number of nitrogens with zero attached hydrogens (tertiary/aromatic N) is 2. The average Bonchev–Trinajstić information content (AvgIpc) is 2.36. The second kappa shape index (κ2) is 7.44. The summed E-state index contributed by atoms with van der Waals surface area (Å²) in [7, 11) is 1.55. The lowest BCUT2D eigenvalue weighted by Gasteiger charge is -2.08. The quantitative estimate of drug-likeness (QED) is 0.433. The molecule has 7 nitrogen and oxygen atoms in total. The van der Waals surface area contributed by atoms with Crippen LogP contribution < -0.4 is 10.1 Å². The van der Waals surface area contributed by atoms with E-state index in [1.165, 1.54) is 12.1 Å². The van der Waals surface area contributed by atoms with Gasteiger partial charge in [0.05, 0.1) is 23.7 Å². The van der Waals surface area contributed by atoms with Crippen LogP contribution in [0.5, 0.6) is 5.88 Å². The Labute approximate surface area is 105 Å². The summed E-state index contributed by atoms with van der Waals surface area (Å²) in [4.78, 5) is 14.4. The number of rotatable bonds is 8. The summed E-state index contributed by atoms with van der Waals surface area (Å²) in [6.07, 6.45) is 0.907. The molecular weight excluding hydrogens is 238 g/mol. The van der Waals surface area contributed by atoms with Gasteiger partial charge in [-0.1, -0.05) is 6.92 Å². The Bertz CT molecular complexity index is 398. The number of nitro groups is 1. The molecule has 1 N–H and O–H groups in total. The number of hydrogen-bond acceptors (Lipinski definition) is 6. The van der Waals surface area contributed by atoms with Gasteiger partial charge >= 0.3 is 0 Å². The second-order valence-corrected chi connectivity index (χ2v) is 3.57. The number of nitrogens with one attached hydrogen (secondary N) is 1. The van der Waals surface area contributed by atoms with E-state index in [0.29, 0.717) is 25.6 Å². The van der Waals surface area contributed by atoms with Crippen LogP contribution in [0.3, 0.4) is 0 Å². The molecule has 0 spiro atoms. The van der Waals surface area contributed by atoms with Crippen LogP contribution in [0.1, 0.15) is 13.3 Å². The fourth-order valence-corrected chi connectivity index (χ4v) is 1.24. The van der Waals surface area contributed by atoms with Gasteiger partial charge < -0.3 is 14.8 Å². The number of ether oxygens (including phenoxy) is 2. The summed E-state index contributed by atoms with van der Waals surface area (Å²) >= 11 is 0. The predicted molar refractivity (Wildman–Crippen MR) is 67.0 cm³/mol. The van der Waals surface area contributed by atoms with E-state index < -0.39 is 4.92 Å². The van der Waals surface area contributed by atoms with Gasteiger partial charge in [0.15, 0.2) is 0 Å². The molecule has 100 valence electrons. The largest absolute Gasteiger partial charge is 0.475 e. The van der Waals surface area contributed by atoms with E-state index >= 15 is 0 Å². The molecule has 0 saturated carbocycles. The van der Waals surface area contributed by atoms with Gasteiger partial charge in [0, 0.05) is 13.7 Å². The van der Waals surface area contributed by atoms with Crippen molar-refractivity contribution < 1.29 is 14.4 Å². The van der Waals surface area contributed by atoms with Crippen molar-refractivity contribution in [2.75, 3.05) is 32.2 Å². The molecule has 0 aliphatic carbocycles. The third kappa shape index (κ3) is 4.54. The van der Waals surface area contributed by atoms with Gasteiger partial charge in [0.1, 0.15) is 12.4 Å². The molecule has 0 saturated heterocycles. The summed E-state index contributed by atoms with van der Waals surface area (Å²) in [5.74, 6) is 0.665. The highest BCUT2D eigenvalue weighted by molar-refractivity contribution is 5.48. The molecule has 1 rings (SSSR count). The highest BCUT2D eigenvalue weighted by Gasteiger charge is 2.11. The van der Waals surface area contributed by atoms with E-state index in [1.807, 2.05) is 6.92 Å². The molecule has 0 aromatic carbocycles. The molecular formula is C11H17N3O4. The van der Waals surface area contributed by atoms with Crippen LogP contribution in [0.25, 0.3) is 0 Å². The van der Waals surface area contributed by atoms with Crippen LogP contribution >= 0.6 is 0 Å². The lowest BCUT2D eigenvalue weighted by atomic mass is 10.3. The summed E-state index contributed by atoms with van der Waals surface area (Å²) in [6, 6.07) is 2.69. The Balaban J connectivity index is 2.80. The lowest BCUT2D eigenvalue weighted by Crippen LogP contribution is -2.08. The van der Waals surface area contributed by atoms with Gasteiger partial charge in [-0.3, -0.25) is 10.1 Å². The van der Waals surface area contributed by atoms with Crippen LogP contribution in [0.15, 0.2) is 12.1 Å². The monoisotopic (exact) mass is 255 g/mol. The molecule has 1 heterocycles. The van der Waals surface area contributed by atoms with E-state index in [4.69, 9.17) is 9.47 Å². The van der Waals surface area contributed by atoms with Crippen LogP contribution in [0.2, 0.25) is 0 Å². The first-order valence-electron chi connectivity index (χ1n) is 5.69. The minimum atomic E-state index is -0.470. The Morgan fingerprint density at radius 3 is 2.83 bits per heavy atom. The van der Waals surface area contributed by atoms with Crippen molar-refractivity contribution in [1.82, 2.24) is 4.98 Å². The predicted octanol–water partition coefficient (Wildman–Crippen LogP) is 1.84. The topological polar surface area (TPSA) is 86.5 Å². The van der Waals surface area contributed by atoms with Gasteiger partial charge in [0.25, 0.3) is 5.69 Å². The third-order valence-corrected chi connectivity index (χ3v) is 2.09. The van der Waals surface area contributed by atoms with Crippen LogP contribution in [-0.2, 0) is 4.74 Å². The fraction of sp³-hybridized carbons (Fsp3) is 0.545. The molecule has 0 bridgehead atoms. The summed E-state index contributed by atoms with van der Waals surface area (Å²) in [6.45, 7) is 3.41. The lowest BCUT2D eigenvalue weighted by molar-refractivity contribution is -0.384. The maximum absolute atomic E-state index is 10.8. The van der Waals surface area contributed by atoms with Crippen molar-refractivity contribution in [3.8, 4) is 5.88 Å². The fourth-order valence-electron chi connectivity index (χ4n) is 1.24. The van der Waals surface area contributed by atoms with Crippen LogP contribution in [-0.4, -0.2) is 36.8 Å². The summed E-state index contributed by atoms with van der Waals surface area (Å²) in [5.41, 5.74) is -0.0454. The summed E-state index contributed by atoms with van der Waals surface area (Å²) < 4.78 is 10.1. The van der Waals surface area contributed by atoms with Crippen molar-refractivity contribution in [2.45, 2.75) is 13.3 Å². The average molecular weight is 255 g/mol. The van der Waals surface area contributed by atoms with Crippen molar-refractivity contribution in [3.05, 3.63) is 22.2 Å². The van der Waals surface area contributed by atoms with Gasteiger partial charge in [-0.25, -0.2) is 0 Å². The number of hydrogen-bond donors (Lipinski definition) is 1. The zero-order valence-corrected chi connectivity index (χ0v) is 10.5. The maximum Gasteiger partial charge on any atom is 0.278 e. The number of aromatic nitrogens is 1. The molecule has 0 amide bonds. The van der Waals surface area contributed by atoms with Gasteiger partial charge in [-0.05, 0) is 6.42 Å². The van der Waals surface area contributed by atoms with Crippen molar-refractivity contribution in [2.24, 2.45) is 0 Å². The third-order valence-electron chi connectivity index (χ3n) is 2.09. The molecule has 0 unspecified atom stereocenters. The highest BCUT2D eigenvalue weighted by atomic mass is 16.6. The van der Waals surface area contributed by atoms with Crippen molar-refractivity contribution in [1.29, 1.82) is 0 Å².